The Hall–Kier alpha value is -2.52. The summed E-state index contributed by atoms with van der Waals surface area (Å²) < 4.78 is 17.4. The molecule has 0 aromatic heterocycles. The van der Waals surface area contributed by atoms with Crippen LogP contribution in [0, 0.1) is 0 Å². The standard InChI is InChI=1S/C25H30Cl2N2O6/c1-15-13-33-25(34-15,19-10-7-17(26)12-20(19)27)14-28-22(31)21(29-23(32)35-24(2,3)4)11-16-5-8-18(30)9-6-16/h5-10,12,15,21,30H,11,13-14H2,1-4H3,(H,28,31)(H,29,32). The maximum absolute atomic E-state index is 13.3. The molecule has 1 fully saturated rings. The second-order valence-corrected chi connectivity index (χ2v) is 10.2. The number of amides is 2. The number of carbonyl (C=O) groups is 2. The molecular formula is C25H30Cl2N2O6. The minimum absolute atomic E-state index is 0.0560. The fourth-order valence-corrected chi connectivity index (χ4v) is 4.18. The number of hydrogen-bond donors (Lipinski definition) is 3. The van der Waals surface area contributed by atoms with Gasteiger partial charge in [0.2, 0.25) is 11.7 Å². The number of phenolic OH excluding ortho intramolecular Hbond substituents is 1. The summed E-state index contributed by atoms with van der Waals surface area (Å²) in [7, 11) is 0. The van der Waals surface area contributed by atoms with E-state index in [-0.39, 0.29) is 24.8 Å². The number of carbonyl (C=O) groups excluding carboxylic acids is 2. The minimum atomic E-state index is -1.31. The summed E-state index contributed by atoms with van der Waals surface area (Å²) in [5.74, 6) is -1.69. The summed E-state index contributed by atoms with van der Waals surface area (Å²) in [5.41, 5.74) is 0.528. The number of alkyl carbamates (subject to hydrolysis) is 1. The average Bonchev–Trinajstić information content (AvgIpc) is 3.13. The van der Waals surface area contributed by atoms with Gasteiger partial charge in [0.05, 0.1) is 24.3 Å². The highest BCUT2D eigenvalue weighted by molar-refractivity contribution is 6.35. The molecule has 3 rings (SSSR count). The molecule has 1 saturated heterocycles. The van der Waals surface area contributed by atoms with Gasteiger partial charge >= 0.3 is 6.09 Å². The minimum Gasteiger partial charge on any atom is -0.508 e. The number of rotatable bonds is 7. The molecule has 0 aliphatic carbocycles. The molecule has 0 spiro atoms. The predicted octanol–water partition coefficient (Wildman–Crippen LogP) is 4.54. The van der Waals surface area contributed by atoms with Gasteiger partial charge in [-0.2, -0.15) is 0 Å². The van der Waals surface area contributed by atoms with Crippen LogP contribution in [0.1, 0.15) is 38.8 Å². The Kier molecular flexibility index (Phi) is 8.54. The van der Waals surface area contributed by atoms with Crippen LogP contribution in [0.25, 0.3) is 0 Å². The van der Waals surface area contributed by atoms with E-state index in [0.717, 1.165) is 5.56 Å². The molecule has 0 radical (unpaired) electrons. The third kappa shape index (κ3) is 7.48. The third-order valence-electron chi connectivity index (χ3n) is 5.16. The number of halogens is 2. The van der Waals surface area contributed by atoms with E-state index in [1.54, 1.807) is 51.1 Å². The van der Waals surface area contributed by atoms with Crippen molar-refractivity contribution in [2.45, 2.75) is 57.6 Å². The van der Waals surface area contributed by atoms with E-state index >= 15 is 0 Å². The molecule has 1 heterocycles. The molecule has 10 heteroatoms. The molecule has 3 unspecified atom stereocenters. The number of hydrogen-bond acceptors (Lipinski definition) is 6. The molecule has 190 valence electrons. The molecule has 8 nitrogen and oxygen atoms in total. The Labute approximate surface area is 214 Å². The van der Waals surface area contributed by atoms with Crippen molar-refractivity contribution in [2.75, 3.05) is 13.2 Å². The normalized spacial score (nSPS) is 20.8. The van der Waals surface area contributed by atoms with E-state index < -0.39 is 29.4 Å². The van der Waals surface area contributed by atoms with E-state index in [9.17, 15) is 14.7 Å². The first kappa shape index (κ1) is 27.1. The third-order valence-corrected chi connectivity index (χ3v) is 5.71. The zero-order valence-electron chi connectivity index (χ0n) is 20.1. The molecule has 2 aromatic rings. The summed E-state index contributed by atoms with van der Waals surface area (Å²) in [5, 5.41) is 15.8. The molecule has 3 N–H and O–H groups in total. The lowest BCUT2D eigenvalue weighted by atomic mass is 10.0. The van der Waals surface area contributed by atoms with Crippen LogP contribution in [-0.2, 0) is 31.2 Å². The first-order chi connectivity index (χ1) is 16.4. The highest BCUT2D eigenvalue weighted by Crippen LogP contribution is 2.38. The number of ether oxygens (including phenoxy) is 3. The molecule has 0 bridgehead atoms. The van der Waals surface area contributed by atoms with Crippen molar-refractivity contribution >= 4 is 35.2 Å². The summed E-state index contributed by atoms with van der Waals surface area (Å²) in [6.07, 6.45) is -0.793. The summed E-state index contributed by atoms with van der Waals surface area (Å²) in [6, 6.07) is 10.3. The molecule has 2 amide bonds. The number of phenols is 1. The van der Waals surface area contributed by atoms with Crippen molar-refractivity contribution < 1.29 is 28.9 Å². The molecule has 3 atom stereocenters. The molecule has 1 aliphatic rings. The zero-order valence-corrected chi connectivity index (χ0v) is 21.6. The molecule has 1 aliphatic heterocycles. The molecule has 0 saturated carbocycles. The maximum Gasteiger partial charge on any atom is 0.408 e. The summed E-state index contributed by atoms with van der Waals surface area (Å²) in [4.78, 5) is 25.7. The van der Waals surface area contributed by atoms with E-state index in [1.807, 2.05) is 6.92 Å². The van der Waals surface area contributed by atoms with Crippen LogP contribution in [-0.4, -0.2) is 48.0 Å². The fourth-order valence-electron chi connectivity index (χ4n) is 3.63. The van der Waals surface area contributed by atoms with Gasteiger partial charge in [0.1, 0.15) is 17.4 Å². The van der Waals surface area contributed by atoms with Gasteiger partial charge in [0.25, 0.3) is 0 Å². The highest BCUT2D eigenvalue weighted by Gasteiger charge is 2.44. The topological polar surface area (TPSA) is 106 Å². The van der Waals surface area contributed by atoms with E-state index in [4.69, 9.17) is 37.4 Å². The lowest BCUT2D eigenvalue weighted by molar-refractivity contribution is -0.173. The van der Waals surface area contributed by atoms with E-state index in [0.29, 0.717) is 22.2 Å². The van der Waals surface area contributed by atoms with Crippen molar-refractivity contribution in [3.05, 3.63) is 63.6 Å². The first-order valence-corrected chi connectivity index (χ1v) is 11.9. The van der Waals surface area contributed by atoms with Crippen LogP contribution in [0.4, 0.5) is 4.79 Å². The van der Waals surface area contributed by atoms with Gasteiger partial charge in [-0.15, -0.1) is 0 Å². The predicted molar refractivity (Wildman–Crippen MR) is 133 cm³/mol. The van der Waals surface area contributed by atoms with Crippen molar-refractivity contribution in [1.82, 2.24) is 10.6 Å². The van der Waals surface area contributed by atoms with E-state index in [2.05, 4.69) is 10.6 Å². The Bertz CT molecular complexity index is 1060. The highest BCUT2D eigenvalue weighted by atomic mass is 35.5. The molecule has 35 heavy (non-hydrogen) atoms. The average molecular weight is 525 g/mol. The SMILES string of the molecule is CC1COC(CNC(=O)C(Cc2ccc(O)cc2)NC(=O)OC(C)(C)C)(c2ccc(Cl)cc2Cl)O1. The maximum atomic E-state index is 13.3. The largest absolute Gasteiger partial charge is 0.508 e. The van der Waals surface area contributed by atoms with Crippen LogP contribution in [0.15, 0.2) is 42.5 Å². The smallest absolute Gasteiger partial charge is 0.408 e. The van der Waals surface area contributed by atoms with Crippen LogP contribution in [0.3, 0.4) is 0 Å². The van der Waals surface area contributed by atoms with Gasteiger partial charge < -0.3 is 30.0 Å². The quantitative estimate of drug-likeness (QED) is 0.490. The summed E-state index contributed by atoms with van der Waals surface area (Å²) >= 11 is 12.5. The summed E-state index contributed by atoms with van der Waals surface area (Å²) in [6.45, 7) is 7.30. The van der Waals surface area contributed by atoms with Crippen LogP contribution in [0.5, 0.6) is 5.75 Å². The van der Waals surface area contributed by atoms with Crippen molar-refractivity contribution in [1.29, 1.82) is 0 Å². The lowest BCUT2D eigenvalue weighted by Gasteiger charge is -2.30. The van der Waals surface area contributed by atoms with Gasteiger partial charge in [0.15, 0.2) is 0 Å². The second kappa shape index (κ2) is 11.0. The monoisotopic (exact) mass is 524 g/mol. The van der Waals surface area contributed by atoms with E-state index in [1.165, 1.54) is 12.1 Å². The van der Waals surface area contributed by atoms with Crippen LogP contribution < -0.4 is 10.6 Å². The Balaban J connectivity index is 1.80. The van der Waals surface area contributed by atoms with Crippen molar-refractivity contribution in [3.8, 4) is 5.75 Å². The Morgan fingerprint density at radius 1 is 1.20 bits per heavy atom. The first-order valence-electron chi connectivity index (χ1n) is 11.2. The van der Waals surface area contributed by atoms with Crippen molar-refractivity contribution in [3.63, 3.8) is 0 Å². The number of aromatic hydroxyl groups is 1. The van der Waals surface area contributed by atoms with Gasteiger partial charge in [-0.25, -0.2) is 4.79 Å². The second-order valence-electron chi connectivity index (χ2n) is 9.40. The Morgan fingerprint density at radius 3 is 2.46 bits per heavy atom. The lowest BCUT2D eigenvalue weighted by Crippen LogP contribution is -2.52. The molecular weight excluding hydrogens is 495 g/mol. The zero-order chi connectivity index (χ0) is 25.8. The van der Waals surface area contributed by atoms with Crippen molar-refractivity contribution in [2.24, 2.45) is 0 Å². The number of benzene rings is 2. The van der Waals surface area contributed by atoms with Crippen LogP contribution in [0.2, 0.25) is 10.0 Å². The van der Waals surface area contributed by atoms with Gasteiger partial charge in [-0.05, 0) is 57.5 Å². The van der Waals surface area contributed by atoms with Crippen LogP contribution >= 0.6 is 23.2 Å². The fraction of sp³-hybridized carbons (Fsp3) is 0.440. The van der Waals surface area contributed by atoms with Gasteiger partial charge in [-0.3, -0.25) is 4.79 Å². The van der Waals surface area contributed by atoms with Gasteiger partial charge in [-0.1, -0.05) is 41.4 Å². The van der Waals surface area contributed by atoms with Gasteiger partial charge in [0, 0.05) is 17.0 Å². The molecule has 2 aromatic carbocycles. The number of nitrogens with one attached hydrogen (secondary N) is 2. The Morgan fingerprint density at radius 2 is 1.89 bits per heavy atom.